The number of hydrogen-bond acceptors (Lipinski definition) is 4. The molecule has 5 nitrogen and oxygen atoms in total. The van der Waals surface area contributed by atoms with E-state index in [1.165, 1.54) is 25.1 Å². The van der Waals surface area contributed by atoms with E-state index in [1.807, 2.05) is 0 Å². The van der Waals surface area contributed by atoms with E-state index in [9.17, 15) is 27.9 Å². The average Bonchev–Trinajstić information content (AvgIpc) is 2.52. The van der Waals surface area contributed by atoms with E-state index in [0.717, 1.165) is 6.07 Å². The number of carboxylic acid groups (broad SMARTS) is 1. The van der Waals surface area contributed by atoms with Gasteiger partial charge in [-0.1, -0.05) is 18.2 Å². The molecule has 132 valence electrons. The summed E-state index contributed by atoms with van der Waals surface area (Å²) < 4.78 is 40.4. The monoisotopic (exact) mass is 352 g/mol. The van der Waals surface area contributed by atoms with Gasteiger partial charge in [0.1, 0.15) is 0 Å². The number of rotatable bonds is 2. The fourth-order valence-corrected chi connectivity index (χ4v) is 3.36. The lowest BCUT2D eigenvalue weighted by Gasteiger charge is -2.34. The zero-order chi connectivity index (χ0) is 18.4. The van der Waals surface area contributed by atoms with Gasteiger partial charge in [0.15, 0.2) is 5.78 Å². The maximum atomic E-state index is 13.5. The molecule has 2 heterocycles. The topological polar surface area (TPSA) is 78.4 Å². The number of carboxylic acids is 1. The summed E-state index contributed by atoms with van der Waals surface area (Å²) in [5.41, 5.74) is -0.683. The van der Waals surface area contributed by atoms with Crippen LogP contribution in [0.1, 0.15) is 24.0 Å². The van der Waals surface area contributed by atoms with Crippen molar-refractivity contribution in [2.45, 2.75) is 19.0 Å². The standard InChI is InChI=1S/C17H15F3N2O3/c1-8-13(16(24)25)14(15-11(22-8)6-21-7-12(15)23)9-4-2-3-5-10(9)17(18,19)20/h2-5,14,21-22H,6-7H2,1H3,(H,24,25). The van der Waals surface area contributed by atoms with Crippen LogP contribution in [-0.4, -0.2) is 29.9 Å². The first-order chi connectivity index (χ1) is 11.7. The molecule has 3 N–H and O–H groups in total. The second-order valence-corrected chi connectivity index (χ2v) is 5.91. The Morgan fingerprint density at radius 3 is 2.56 bits per heavy atom. The molecule has 0 fully saturated rings. The molecule has 1 atom stereocenters. The molecule has 0 amide bonds. The van der Waals surface area contributed by atoms with Crippen molar-refractivity contribution < 1.29 is 27.9 Å². The van der Waals surface area contributed by atoms with Gasteiger partial charge < -0.3 is 15.7 Å². The van der Waals surface area contributed by atoms with Crippen molar-refractivity contribution in [2.75, 3.05) is 13.1 Å². The van der Waals surface area contributed by atoms with Gasteiger partial charge in [0.2, 0.25) is 0 Å². The van der Waals surface area contributed by atoms with Crippen LogP contribution in [0.25, 0.3) is 0 Å². The van der Waals surface area contributed by atoms with E-state index in [0.29, 0.717) is 5.70 Å². The van der Waals surface area contributed by atoms with Crippen LogP contribution in [0.2, 0.25) is 0 Å². The Balaban J connectivity index is 2.29. The molecule has 25 heavy (non-hydrogen) atoms. The molecular weight excluding hydrogens is 337 g/mol. The van der Waals surface area contributed by atoms with Gasteiger partial charge in [-0.15, -0.1) is 0 Å². The van der Waals surface area contributed by atoms with Gasteiger partial charge in [0, 0.05) is 29.4 Å². The minimum Gasteiger partial charge on any atom is -0.478 e. The van der Waals surface area contributed by atoms with Gasteiger partial charge in [0.05, 0.1) is 17.7 Å². The summed E-state index contributed by atoms with van der Waals surface area (Å²) in [6.45, 7) is 1.70. The Bertz CT molecular complexity index is 825. The first-order valence-corrected chi connectivity index (χ1v) is 7.56. The SMILES string of the molecule is CC1=C(C(=O)O)C(c2ccccc2C(F)(F)F)C2=C(CNCC2=O)N1. The summed E-state index contributed by atoms with van der Waals surface area (Å²) in [7, 11) is 0. The highest BCUT2D eigenvalue weighted by atomic mass is 19.4. The smallest absolute Gasteiger partial charge is 0.416 e. The van der Waals surface area contributed by atoms with E-state index in [-0.39, 0.29) is 35.5 Å². The molecular formula is C17H15F3N2O3. The van der Waals surface area contributed by atoms with Gasteiger partial charge in [-0.3, -0.25) is 4.79 Å². The Kier molecular flexibility index (Phi) is 4.16. The van der Waals surface area contributed by atoms with Crippen molar-refractivity contribution in [1.82, 2.24) is 10.6 Å². The van der Waals surface area contributed by atoms with E-state index in [2.05, 4.69) is 10.6 Å². The van der Waals surface area contributed by atoms with Gasteiger partial charge in [-0.2, -0.15) is 13.2 Å². The highest BCUT2D eigenvalue weighted by molar-refractivity contribution is 6.04. The predicted octanol–water partition coefficient (Wildman–Crippen LogP) is 2.18. The van der Waals surface area contributed by atoms with Crippen LogP contribution >= 0.6 is 0 Å². The number of nitrogens with one attached hydrogen (secondary N) is 2. The lowest BCUT2D eigenvalue weighted by atomic mass is 9.76. The molecule has 2 aliphatic heterocycles. The highest BCUT2D eigenvalue weighted by Gasteiger charge is 2.43. The number of carbonyl (C=O) groups excluding carboxylic acids is 1. The fourth-order valence-electron chi connectivity index (χ4n) is 3.36. The van der Waals surface area contributed by atoms with E-state index >= 15 is 0 Å². The molecule has 1 aromatic carbocycles. The maximum Gasteiger partial charge on any atom is 0.416 e. The largest absolute Gasteiger partial charge is 0.478 e. The number of ketones is 1. The minimum atomic E-state index is -4.66. The molecule has 1 unspecified atom stereocenters. The Labute approximate surface area is 141 Å². The number of allylic oxidation sites excluding steroid dienone is 1. The summed E-state index contributed by atoms with van der Waals surface area (Å²) in [6.07, 6.45) is -4.66. The van der Waals surface area contributed by atoms with Crippen molar-refractivity contribution >= 4 is 11.8 Å². The molecule has 3 rings (SSSR count). The van der Waals surface area contributed by atoms with E-state index in [1.54, 1.807) is 0 Å². The Hall–Kier alpha value is -2.61. The summed E-state index contributed by atoms with van der Waals surface area (Å²) in [4.78, 5) is 24.2. The first kappa shape index (κ1) is 17.2. The average molecular weight is 352 g/mol. The molecule has 0 radical (unpaired) electrons. The lowest BCUT2D eigenvalue weighted by Crippen LogP contribution is -2.43. The van der Waals surface area contributed by atoms with E-state index < -0.39 is 29.4 Å². The molecule has 0 saturated carbocycles. The maximum absolute atomic E-state index is 13.5. The van der Waals surface area contributed by atoms with Crippen LogP contribution in [0.4, 0.5) is 13.2 Å². The molecule has 0 aromatic heterocycles. The third kappa shape index (κ3) is 2.93. The molecule has 1 aromatic rings. The Morgan fingerprint density at radius 1 is 1.24 bits per heavy atom. The zero-order valence-electron chi connectivity index (χ0n) is 13.2. The third-order valence-corrected chi connectivity index (χ3v) is 4.34. The molecule has 2 aliphatic rings. The summed E-state index contributed by atoms with van der Waals surface area (Å²) in [6, 6.07) is 4.78. The molecule has 0 bridgehead atoms. The van der Waals surface area contributed by atoms with Crippen LogP contribution < -0.4 is 10.6 Å². The second-order valence-electron chi connectivity index (χ2n) is 5.91. The van der Waals surface area contributed by atoms with Gasteiger partial charge in [-0.05, 0) is 18.6 Å². The van der Waals surface area contributed by atoms with Crippen molar-refractivity contribution in [2.24, 2.45) is 0 Å². The van der Waals surface area contributed by atoms with Crippen molar-refractivity contribution in [1.29, 1.82) is 0 Å². The first-order valence-electron chi connectivity index (χ1n) is 7.56. The van der Waals surface area contributed by atoms with Gasteiger partial charge >= 0.3 is 12.1 Å². The number of aliphatic carboxylic acids is 1. The summed E-state index contributed by atoms with van der Waals surface area (Å²) >= 11 is 0. The summed E-state index contributed by atoms with van der Waals surface area (Å²) in [5.74, 6) is -3.03. The molecule has 8 heteroatoms. The molecule has 0 spiro atoms. The second kappa shape index (κ2) is 6.03. The minimum absolute atomic E-state index is 0.0445. The summed E-state index contributed by atoms with van der Waals surface area (Å²) in [5, 5.41) is 15.3. The van der Waals surface area contributed by atoms with Crippen LogP contribution in [0, 0.1) is 0 Å². The van der Waals surface area contributed by atoms with Crippen LogP contribution in [-0.2, 0) is 15.8 Å². The number of Topliss-reactive ketones (excluding diaryl/α,β-unsaturated/α-hetero) is 1. The van der Waals surface area contributed by atoms with Crippen LogP contribution in [0.5, 0.6) is 0 Å². The lowest BCUT2D eigenvalue weighted by molar-refractivity contribution is -0.139. The van der Waals surface area contributed by atoms with E-state index in [4.69, 9.17) is 0 Å². The zero-order valence-corrected chi connectivity index (χ0v) is 13.2. The molecule has 0 aliphatic carbocycles. The van der Waals surface area contributed by atoms with Gasteiger partial charge in [-0.25, -0.2) is 4.79 Å². The number of alkyl halides is 3. The van der Waals surface area contributed by atoms with Crippen LogP contribution in [0.3, 0.4) is 0 Å². The number of dihydropyridines is 1. The number of carbonyl (C=O) groups is 2. The van der Waals surface area contributed by atoms with Crippen molar-refractivity contribution in [3.8, 4) is 0 Å². The Morgan fingerprint density at radius 2 is 1.92 bits per heavy atom. The number of benzene rings is 1. The highest BCUT2D eigenvalue weighted by Crippen LogP contribution is 2.44. The predicted molar refractivity (Wildman–Crippen MR) is 82.6 cm³/mol. The van der Waals surface area contributed by atoms with Gasteiger partial charge in [0.25, 0.3) is 0 Å². The number of halogens is 3. The van der Waals surface area contributed by atoms with Crippen LogP contribution in [0.15, 0.2) is 46.8 Å². The fraction of sp³-hybridized carbons (Fsp3) is 0.294. The number of hydrogen-bond donors (Lipinski definition) is 3. The van der Waals surface area contributed by atoms with Crippen molar-refractivity contribution in [3.05, 3.63) is 57.9 Å². The van der Waals surface area contributed by atoms with Crippen molar-refractivity contribution in [3.63, 3.8) is 0 Å². The molecule has 0 saturated heterocycles. The quantitative estimate of drug-likeness (QED) is 0.760. The normalized spacial score (nSPS) is 21.1. The third-order valence-electron chi connectivity index (χ3n) is 4.34.